The van der Waals surface area contributed by atoms with Crippen molar-refractivity contribution in [2.45, 2.75) is 38.8 Å². The topological polar surface area (TPSA) is 129 Å². The maximum atomic E-state index is 12.1. The van der Waals surface area contributed by atoms with Gasteiger partial charge in [0.2, 0.25) is 15.8 Å². The molecule has 1 atom stereocenters. The smallest absolute Gasteiger partial charge is 0.317 e. The monoisotopic (exact) mass is 513 g/mol. The summed E-state index contributed by atoms with van der Waals surface area (Å²) in [6.45, 7) is 3.48. The summed E-state index contributed by atoms with van der Waals surface area (Å²) in [5.74, 6) is -0.186. The molecule has 11 heteroatoms. The number of benzene rings is 2. The average molecular weight is 514 g/mol. The molecule has 0 amide bonds. The largest absolute Gasteiger partial charge is 0.480 e. The SMILES string of the molecule is CC1CCCCN1c1ccc(-c2nc(-c3ccc(CN(C)CC(=O)O)cc3)no2)cc1NS(C)(=O)=O. The molecule has 10 nitrogen and oxygen atoms in total. The van der Waals surface area contributed by atoms with Gasteiger partial charge in [0, 0.05) is 30.3 Å². The fraction of sp³-hybridized carbons (Fsp3) is 0.400. The van der Waals surface area contributed by atoms with E-state index < -0.39 is 16.0 Å². The van der Waals surface area contributed by atoms with E-state index in [1.807, 2.05) is 36.4 Å². The number of carboxylic acids is 1. The summed E-state index contributed by atoms with van der Waals surface area (Å²) in [5.41, 5.74) is 3.64. The Balaban J connectivity index is 1.57. The van der Waals surface area contributed by atoms with E-state index in [1.54, 1.807) is 18.0 Å². The number of likely N-dealkylation sites (N-methyl/N-ethyl adjacent to an activating group) is 1. The van der Waals surface area contributed by atoms with Gasteiger partial charge in [-0.15, -0.1) is 0 Å². The maximum absolute atomic E-state index is 12.1. The zero-order valence-electron chi connectivity index (χ0n) is 20.6. The van der Waals surface area contributed by atoms with E-state index in [-0.39, 0.29) is 12.4 Å². The summed E-state index contributed by atoms with van der Waals surface area (Å²) in [5, 5.41) is 13.0. The number of nitrogens with one attached hydrogen (secondary N) is 1. The highest BCUT2D eigenvalue weighted by Gasteiger charge is 2.23. The van der Waals surface area contributed by atoms with E-state index >= 15 is 0 Å². The summed E-state index contributed by atoms with van der Waals surface area (Å²) in [7, 11) is -1.74. The third kappa shape index (κ3) is 6.41. The lowest BCUT2D eigenvalue weighted by Gasteiger charge is -2.36. The molecule has 0 bridgehead atoms. The zero-order valence-corrected chi connectivity index (χ0v) is 21.5. The Labute approximate surface area is 211 Å². The predicted molar refractivity (Wildman–Crippen MR) is 138 cm³/mol. The van der Waals surface area contributed by atoms with Gasteiger partial charge >= 0.3 is 5.97 Å². The molecule has 0 spiro atoms. The Morgan fingerprint density at radius 3 is 2.58 bits per heavy atom. The number of aromatic nitrogens is 2. The number of rotatable bonds is 9. The van der Waals surface area contributed by atoms with Crippen LogP contribution < -0.4 is 9.62 Å². The molecule has 0 saturated carbocycles. The van der Waals surface area contributed by atoms with Gasteiger partial charge in [-0.05, 0) is 57.0 Å². The molecule has 3 aromatic rings. The van der Waals surface area contributed by atoms with Crippen LogP contribution >= 0.6 is 0 Å². The number of aliphatic carboxylic acids is 1. The first-order valence-corrected chi connectivity index (χ1v) is 13.7. The Bertz CT molecular complexity index is 1320. The zero-order chi connectivity index (χ0) is 25.9. The summed E-state index contributed by atoms with van der Waals surface area (Å²) in [6.07, 6.45) is 4.42. The number of nitrogens with zero attached hydrogens (tertiary/aromatic N) is 4. The van der Waals surface area contributed by atoms with Crippen LogP contribution in [0.1, 0.15) is 31.7 Å². The molecule has 2 aromatic carbocycles. The van der Waals surface area contributed by atoms with Gasteiger partial charge in [-0.2, -0.15) is 4.98 Å². The maximum Gasteiger partial charge on any atom is 0.317 e. The minimum Gasteiger partial charge on any atom is -0.480 e. The third-order valence-corrected chi connectivity index (χ3v) is 6.74. The number of carboxylic acid groups (broad SMARTS) is 1. The fourth-order valence-corrected chi connectivity index (χ4v) is 5.04. The highest BCUT2D eigenvalue weighted by molar-refractivity contribution is 7.92. The average Bonchev–Trinajstić information content (AvgIpc) is 3.29. The van der Waals surface area contributed by atoms with Crippen LogP contribution in [0, 0.1) is 0 Å². The lowest BCUT2D eigenvalue weighted by molar-refractivity contribution is -0.138. The van der Waals surface area contributed by atoms with E-state index in [0.717, 1.165) is 48.9 Å². The lowest BCUT2D eigenvalue weighted by atomic mass is 10.0. The Morgan fingerprint density at radius 2 is 1.92 bits per heavy atom. The van der Waals surface area contributed by atoms with Crippen molar-refractivity contribution in [2.75, 3.05) is 36.0 Å². The van der Waals surface area contributed by atoms with Crippen LogP contribution in [0.4, 0.5) is 11.4 Å². The number of anilines is 2. The van der Waals surface area contributed by atoms with Crippen LogP contribution in [0.5, 0.6) is 0 Å². The first kappa shape index (κ1) is 25.6. The number of hydrogen-bond acceptors (Lipinski definition) is 8. The van der Waals surface area contributed by atoms with Crippen molar-refractivity contribution in [3.05, 3.63) is 48.0 Å². The van der Waals surface area contributed by atoms with Crippen molar-refractivity contribution in [3.63, 3.8) is 0 Å². The van der Waals surface area contributed by atoms with Gasteiger partial charge in [0.1, 0.15) is 0 Å². The standard InChI is InChI=1S/C25H31N5O5S/c1-17-6-4-5-13-30(17)22-12-11-20(14-21(22)28-36(3,33)34)25-26-24(27-35-25)19-9-7-18(8-10-19)15-29(2)16-23(31)32/h7-12,14,17,28H,4-6,13,15-16H2,1-3H3,(H,31,32). The van der Waals surface area contributed by atoms with E-state index in [4.69, 9.17) is 9.63 Å². The Kier molecular flexibility index (Phi) is 7.60. The molecule has 0 radical (unpaired) electrons. The summed E-state index contributed by atoms with van der Waals surface area (Å²) in [4.78, 5) is 19.3. The number of piperidine rings is 1. The Hall–Kier alpha value is -3.44. The van der Waals surface area contributed by atoms with Gasteiger partial charge in [-0.25, -0.2) is 8.42 Å². The molecule has 1 unspecified atom stereocenters. The van der Waals surface area contributed by atoms with E-state index in [2.05, 4.69) is 26.7 Å². The molecular formula is C25H31N5O5S. The first-order chi connectivity index (χ1) is 17.1. The normalized spacial score (nSPS) is 16.3. The molecule has 1 aliphatic heterocycles. The molecule has 1 aliphatic rings. The van der Waals surface area contributed by atoms with Gasteiger partial charge < -0.3 is 14.5 Å². The first-order valence-electron chi connectivity index (χ1n) is 11.8. The highest BCUT2D eigenvalue weighted by atomic mass is 32.2. The molecular weight excluding hydrogens is 482 g/mol. The molecule has 2 heterocycles. The quantitative estimate of drug-likeness (QED) is 0.440. The van der Waals surface area contributed by atoms with Gasteiger partial charge in [0.05, 0.1) is 24.2 Å². The molecule has 2 N–H and O–H groups in total. The molecule has 4 rings (SSSR count). The van der Waals surface area contributed by atoms with Crippen LogP contribution in [-0.4, -0.2) is 67.0 Å². The number of hydrogen-bond donors (Lipinski definition) is 2. The molecule has 192 valence electrons. The van der Waals surface area contributed by atoms with Crippen LogP contribution in [-0.2, 0) is 21.4 Å². The third-order valence-electron chi connectivity index (χ3n) is 6.15. The summed E-state index contributed by atoms with van der Waals surface area (Å²) >= 11 is 0. The molecule has 0 aliphatic carbocycles. The summed E-state index contributed by atoms with van der Waals surface area (Å²) in [6, 6.07) is 13.3. The minimum absolute atomic E-state index is 0.0401. The van der Waals surface area contributed by atoms with Crippen molar-refractivity contribution in [3.8, 4) is 22.8 Å². The van der Waals surface area contributed by atoms with Crippen molar-refractivity contribution < 1.29 is 22.8 Å². The lowest BCUT2D eigenvalue weighted by Crippen LogP contribution is -2.38. The van der Waals surface area contributed by atoms with Crippen LogP contribution in [0.15, 0.2) is 47.0 Å². The van der Waals surface area contributed by atoms with Crippen LogP contribution in [0.3, 0.4) is 0 Å². The van der Waals surface area contributed by atoms with Crippen LogP contribution in [0.2, 0.25) is 0 Å². The summed E-state index contributed by atoms with van der Waals surface area (Å²) < 4.78 is 32.3. The van der Waals surface area contributed by atoms with Gasteiger partial charge in [-0.1, -0.05) is 29.4 Å². The van der Waals surface area contributed by atoms with E-state index in [1.165, 1.54) is 0 Å². The number of sulfonamides is 1. The molecule has 1 saturated heterocycles. The van der Waals surface area contributed by atoms with Crippen molar-refractivity contribution in [2.24, 2.45) is 0 Å². The van der Waals surface area contributed by atoms with Crippen molar-refractivity contribution in [1.29, 1.82) is 0 Å². The second-order valence-electron chi connectivity index (χ2n) is 9.33. The van der Waals surface area contributed by atoms with Crippen molar-refractivity contribution >= 4 is 27.4 Å². The predicted octanol–water partition coefficient (Wildman–Crippen LogP) is 3.67. The minimum atomic E-state index is -3.49. The highest BCUT2D eigenvalue weighted by Crippen LogP contribution is 2.35. The van der Waals surface area contributed by atoms with Crippen molar-refractivity contribution in [1.82, 2.24) is 15.0 Å². The molecule has 1 fully saturated rings. The number of carbonyl (C=O) groups is 1. The Morgan fingerprint density at radius 1 is 1.19 bits per heavy atom. The second-order valence-corrected chi connectivity index (χ2v) is 11.1. The molecule has 1 aromatic heterocycles. The van der Waals surface area contributed by atoms with Gasteiger partial charge in [-0.3, -0.25) is 14.4 Å². The van der Waals surface area contributed by atoms with E-state index in [0.29, 0.717) is 29.7 Å². The fourth-order valence-electron chi connectivity index (χ4n) is 4.47. The van der Waals surface area contributed by atoms with Gasteiger partial charge in [0.15, 0.2) is 0 Å². The van der Waals surface area contributed by atoms with E-state index in [9.17, 15) is 13.2 Å². The molecule has 36 heavy (non-hydrogen) atoms. The van der Waals surface area contributed by atoms with Gasteiger partial charge in [0.25, 0.3) is 5.89 Å². The second kappa shape index (κ2) is 10.7. The van der Waals surface area contributed by atoms with Crippen LogP contribution in [0.25, 0.3) is 22.8 Å².